The summed E-state index contributed by atoms with van der Waals surface area (Å²) >= 11 is 7.14. The van der Waals surface area contributed by atoms with E-state index in [1.165, 1.54) is 0 Å². The van der Waals surface area contributed by atoms with Gasteiger partial charge in [0, 0.05) is 41.4 Å². The lowest BCUT2D eigenvalue weighted by Crippen LogP contribution is -2.45. The van der Waals surface area contributed by atoms with Crippen molar-refractivity contribution in [1.29, 1.82) is 0 Å². The van der Waals surface area contributed by atoms with Crippen molar-refractivity contribution in [2.75, 3.05) is 44.4 Å². The van der Waals surface area contributed by atoms with Crippen LogP contribution in [0, 0.1) is 18.6 Å². The van der Waals surface area contributed by atoms with Gasteiger partial charge in [-0.1, -0.05) is 29.8 Å². The van der Waals surface area contributed by atoms with E-state index in [1.54, 1.807) is 35.6 Å². The van der Waals surface area contributed by atoms with Gasteiger partial charge >= 0.3 is 5.97 Å². The molecule has 2 N–H and O–H groups in total. The van der Waals surface area contributed by atoms with E-state index in [0.29, 0.717) is 89.7 Å². The largest absolute Gasteiger partial charge is 0.490 e. The summed E-state index contributed by atoms with van der Waals surface area (Å²) in [4.78, 5) is 19.1. The zero-order valence-corrected chi connectivity index (χ0v) is 25.8. The minimum absolute atomic E-state index is 0.118. The maximum absolute atomic E-state index is 14.5. The molecule has 6 bridgehead atoms. The van der Waals surface area contributed by atoms with E-state index in [0.717, 1.165) is 12.1 Å². The first-order chi connectivity index (χ1) is 21.6. The molecule has 12 heteroatoms. The number of halogens is 3. The lowest BCUT2D eigenvalue weighted by atomic mass is 9.92. The molecule has 0 unspecified atom stereocenters. The highest BCUT2D eigenvalue weighted by atomic mass is 35.5. The fourth-order valence-electron chi connectivity index (χ4n) is 6.22. The molecule has 0 atom stereocenters. The molecule has 0 aliphatic carbocycles. The van der Waals surface area contributed by atoms with E-state index in [9.17, 15) is 23.8 Å². The number of ether oxygens (including phenoxy) is 3. The quantitative estimate of drug-likeness (QED) is 0.270. The molecule has 3 aliphatic heterocycles. The predicted molar refractivity (Wildman–Crippen MR) is 165 cm³/mol. The van der Waals surface area contributed by atoms with Crippen LogP contribution in [-0.4, -0.2) is 70.7 Å². The molecule has 3 aliphatic rings. The third kappa shape index (κ3) is 5.97. The number of aromatic nitrogens is 2. The Labute approximate surface area is 263 Å². The summed E-state index contributed by atoms with van der Waals surface area (Å²) in [7, 11) is 0. The predicted octanol–water partition coefficient (Wildman–Crippen LogP) is 5.81. The van der Waals surface area contributed by atoms with Gasteiger partial charge in [0.05, 0.1) is 38.4 Å². The summed E-state index contributed by atoms with van der Waals surface area (Å²) in [6, 6.07) is 9.16. The van der Waals surface area contributed by atoms with Crippen molar-refractivity contribution in [3.8, 4) is 28.1 Å². The van der Waals surface area contributed by atoms with Crippen LogP contribution in [0.15, 0.2) is 36.4 Å². The number of carboxylic acid groups (broad SMARTS) is 1. The van der Waals surface area contributed by atoms with E-state index < -0.39 is 23.2 Å². The number of piperidine rings is 1. The van der Waals surface area contributed by atoms with Crippen LogP contribution in [0.5, 0.6) is 5.75 Å². The lowest BCUT2D eigenvalue weighted by molar-refractivity contribution is -0.136. The summed E-state index contributed by atoms with van der Waals surface area (Å²) in [5, 5.41) is 20.6. The average Bonchev–Trinajstić information content (AvgIpc) is 3.35. The highest BCUT2D eigenvalue weighted by Gasteiger charge is 2.34. The number of carboxylic acids is 1. The Bertz CT molecular complexity index is 1770. The third-order valence-corrected chi connectivity index (χ3v) is 9.07. The van der Waals surface area contributed by atoms with Gasteiger partial charge in [-0.05, 0) is 49.9 Å². The van der Waals surface area contributed by atoms with E-state index >= 15 is 0 Å². The van der Waals surface area contributed by atoms with Crippen LogP contribution in [0.25, 0.3) is 28.0 Å². The number of hydrogen-bond donors (Lipinski definition) is 2. The van der Waals surface area contributed by atoms with Crippen LogP contribution in [-0.2, 0) is 27.3 Å². The topological polar surface area (TPSA) is 106 Å². The molecule has 45 heavy (non-hydrogen) atoms. The number of aliphatic hydroxyl groups is 1. The number of aliphatic hydroxyl groups excluding tert-OH is 1. The minimum Gasteiger partial charge on any atom is -0.490 e. The van der Waals surface area contributed by atoms with Gasteiger partial charge in [-0.25, -0.2) is 13.8 Å². The average molecular weight is 642 g/mol. The first kappa shape index (κ1) is 31.2. The molecule has 7 rings (SSSR count). The molecule has 2 aromatic heterocycles. The fourth-order valence-corrected chi connectivity index (χ4v) is 6.53. The van der Waals surface area contributed by atoms with Crippen LogP contribution < -0.4 is 9.64 Å². The number of fused-ring (bicyclic) bond motifs is 8. The zero-order valence-electron chi connectivity index (χ0n) is 25.0. The van der Waals surface area contributed by atoms with Gasteiger partial charge in [0.1, 0.15) is 34.7 Å². The zero-order chi connectivity index (χ0) is 31.9. The van der Waals surface area contributed by atoms with Crippen molar-refractivity contribution < 1.29 is 38.0 Å². The van der Waals surface area contributed by atoms with Crippen molar-refractivity contribution in [2.24, 2.45) is 0 Å². The number of benzene rings is 2. The second-order valence-corrected chi connectivity index (χ2v) is 12.0. The molecule has 1 saturated heterocycles. The fraction of sp³-hybridized carbons (Fsp3) is 0.394. The van der Waals surface area contributed by atoms with Crippen molar-refractivity contribution in [3.05, 3.63) is 69.9 Å². The minimum atomic E-state index is -1.04. The van der Waals surface area contributed by atoms with E-state index in [4.69, 9.17) is 30.8 Å². The van der Waals surface area contributed by atoms with Gasteiger partial charge in [-0.15, -0.1) is 0 Å². The number of pyridine rings is 1. The standard InChI is InChI=1S/C33H34ClF2N3O6/c1-19-22(16-28(41)42)32-38-8-6-33(2,7-9-38)45-13-11-43-10-12-44-27-17-26(36)25(35)15-23(27)20-4-3-5-21(14-20)29-30(34)39(32)31(37-29)24(19)18-40/h3-5,14-15,17,40H,6-13,16,18H2,1-2H3,(H,41,42). The van der Waals surface area contributed by atoms with E-state index in [2.05, 4.69) is 4.90 Å². The summed E-state index contributed by atoms with van der Waals surface area (Å²) in [5.74, 6) is -2.31. The Balaban J connectivity index is 1.58. The Hall–Kier alpha value is -3.77. The Morgan fingerprint density at radius 2 is 1.76 bits per heavy atom. The maximum atomic E-state index is 14.5. The van der Waals surface area contributed by atoms with Crippen molar-refractivity contribution in [3.63, 3.8) is 0 Å². The van der Waals surface area contributed by atoms with Crippen molar-refractivity contribution in [1.82, 2.24) is 9.38 Å². The van der Waals surface area contributed by atoms with Crippen LogP contribution in [0.1, 0.15) is 36.5 Å². The molecular formula is C33H34ClF2N3O6. The SMILES string of the molecule is Cc1c(CC(=O)O)c2n3c(Cl)c(nc3c1CO)-c1cccc(c1)-c1cc(F)c(F)cc1OCCOCCOC1(C)CCN2CC1. The summed E-state index contributed by atoms with van der Waals surface area (Å²) in [6.45, 7) is 5.63. The van der Waals surface area contributed by atoms with Gasteiger partial charge in [0.15, 0.2) is 11.6 Å². The Morgan fingerprint density at radius 1 is 1.04 bits per heavy atom. The van der Waals surface area contributed by atoms with Gasteiger partial charge in [0.25, 0.3) is 0 Å². The van der Waals surface area contributed by atoms with E-state index in [1.807, 2.05) is 6.92 Å². The van der Waals surface area contributed by atoms with Gasteiger partial charge in [-0.2, -0.15) is 0 Å². The number of aliphatic carboxylic acids is 1. The number of carbonyl (C=O) groups is 1. The molecule has 238 valence electrons. The number of anilines is 1. The van der Waals surface area contributed by atoms with Gasteiger partial charge in [-0.3, -0.25) is 9.20 Å². The molecule has 0 spiro atoms. The van der Waals surface area contributed by atoms with Crippen molar-refractivity contribution >= 4 is 29.0 Å². The second-order valence-electron chi connectivity index (χ2n) is 11.6. The normalized spacial score (nSPS) is 16.9. The van der Waals surface area contributed by atoms with Crippen LogP contribution in [0.2, 0.25) is 5.15 Å². The Morgan fingerprint density at radius 3 is 2.49 bits per heavy atom. The second kappa shape index (κ2) is 12.6. The highest BCUT2D eigenvalue weighted by molar-refractivity contribution is 6.32. The maximum Gasteiger partial charge on any atom is 0.307 e. The molecule has 9 nitrogen and oxygen atoms in total. The van der Waals surface area contributed by atoms with Crippen LogP contribution in [0.4, 0.5) is 14.6 Å². The summed E-state index contributed by atoms with van der Waals surface area (Å²) in [5.41, 5.74) is 3.48. The highest BCUT2D eigenvalue weighted by Crippen LogP contribution is 2.41. The first-order valence-electron chi connectivity index (χ1n) is 14.8. The number of nitrogens with zero attached hydrogens (tertiary/aromatic N) is 3. The van der Waals surface area contributed by atoms with Crippen LogP contribution in [0.3, 0.4) is 0 Å². The molecular weight excluding hydrogens is 608 g/mol. The molecule has 0 saturated carbocycles. The molecule has 5 heterocycles. The number of hydrogen-bond acceptors (Lipinski definition) is 7. The smallest absolute Gasteiger partial charge is 0.307 e. The van der Waals surface area contributed by atoms with Gasteiger partial charge in [0.2, 0.25) is 0 Å². The number of imidazole rings is 1. The third-order valence-electron chi connectivity index (χ3n) is 8.72. The monoisotopic (exact) mass is 641 g/mol. The van der Waals surface area contributed by atoms with Crippen LogP contribution >= 0.6 is 11.6 Å². The Kier molecular flexibility index (Phi) is 8.71. The van der Waals surface area contributed by atoms with Gasteiger partial charge < -0.3 is 29.3 Å². The summed E-state index contributed by atoms with van der Waals surface area (Å²) in [6.07, 6.45) is 1.07. The molecule has 0 radical (unpaired) electrons. The number of rotatable bonds is 3. The van der Waals surface area contributed by atoms with E-state index in [-0.39, 0.29) is 37.1 Å². The molecule has 1 fully saturated rings. The molecule has 0 amide bonds. The summed E-state index contributed by atoms with van der Waals surface area (Å²) < 4.78 is 48.3. The lowest BCUT2D eigenvalue weighted by Gasteiger charge is -2.41. The first-order valence-corrected chi connectivity index (χ1v) is 15.2. The van der Waals surface area contributed by atoms with Crippen molar-refractivity contribution in [2.45, 2.75) is 45.3 Å². The molecule has 4 aromatic rings. The molecule has 2 aromatic carbocycles.